The smallest absolute Gasteiger partial charge is 0.254 e. The second-order valence-electron chi connectivity index (χ2n) is 3.72. The van der Waals surface area contributed by atoms with Crippen LogP contribution in [0.2, 0.25) is 5.02 Å². The molecule has 5 nitrogen and oxygen atoms in total. The molecule has 1 atom stereocenters. The summed E-state index contributed by atoms with van der Waals surface area (Å²) in [5.74, 6) is -0.237. The third-order valence-electron chi connectivity index (χ3n) is 2.44. The highest BCUT2D eigenvalue weighted by molar-refractivity contribution is 6.32. The van der Waals surface area contributed by atoms with Gasteiger partial charge >= 0.3 is 0 Å². The molecule has 2 rings (SSSR count). The lowest BCUT2D eigenvalue weighted by atomic mass is 10.2. The highest BCUT2D eigenvalue weighted by atomic mass is 35.5. The zero-order valence-electron chi connectivity index (χ0n) is 9.07. The molecule has 0 aliphatic carbocycles. The Morgan fingerprint density at radius 3 is 3.06 bits per heavy atom. The zero-order valence-corrected chi connectivity index (χ0v) is 9.83. The SMILES string of the molecule is O=C(Nc1ccc(O)c(Cl)c1)C1CNCCO1. The minimum Gasteiger partial charge on any atom is -0.506 e. The van der Waals surface area contributed by atoms with Crippen molar-refractivity contribution in [2.24, 2.45) is 0 Å². The summed E-state index contributed by atoms with van der Waals surface area (Å²) < 4.78 is 5.31. The molecule has 0 radical (unpaired) electrons. The first-order chi connectivity index (χ1) is 8.16. The Hall–Kier alpha value is -1.30. The Morgan fingerprint density at radius 1 is 1.59 bits per heavy atom. The molecular formula is C11H13ClN2O3. The molecule has 1 aromatic carbocycles. The number of hydrogen-bond donors (Lipinski definition) is 3. The van der Waals surface area contributed by atoms with Gasteiger partial charge in [-0.15, -0.1) is 0 Å². The quantitative estimate of drug-likeness (QED) is 0.690. The van der Waals surface area contributed by atoms with Crippen molar-refractivity contribution in [3.63, 3.8) is 0 Å². The molecule has 0 saturated carbocycles. The fourth-order valence-electron chi connectivity index (χ4n) is 1.54. The summed E-state index contributed by atoms with van der Waals surface area (Å²) in [6, 6.07) is 4.50. The summed E-state index contributed by atoms with van der Waals surface area (Å²) in [7, 11) is 0. The number of phenolic OH excluding ortho intramolecular Hbond substituents is 1. The average Bonchev–Trinajstić information content (AvgIpc) is 2.35. The van der Waals surface area contributed by atoms with Gasteiger partial charge in [0.2, 0.25) is 0 Å². The van der Waals surface area contributed by atoms with Crippen molar-refractivity contribution < 1.29 is 14.6 Å². The number of amides is 1. The van der Waals surface area contributed by atoms with Crippen molar-refractivity contribution in [3.05, 3.63) is 23.2 Å². The van der Waals surface area contributed by atoms with Crippen LogP contribution in [0.3, 0.4) is 0 Å². The Balaban J connectivity index is 1.99. The molecule has 1 aliphatic rings. The van der Waals surface area contributed by atoms with Crippen molar-refractivity contribution in [2.75, 3.05) is 25.0 Å². The lowest BCUT2D eigenvalue weighted by Crippen LogP contribution is -2.45. The molecule has 6 heteroatoms. The van der Waals surface area contributed by atoms with Crippen molar-refractivity contribution in [1.29, 1.82) is 0 Å². The monoisotopic (exact) mass is 256 g/mol. The number of rotatable bonds is 2. The number of halogens is 1. The van der Waals surface area contributed by atoms with Crippen LogP contribution in [0, 0.1) is 0 Å². The minimum atomic E-state index is -0.490. The molecule has 0 spiro atoms. The number of phenols is 1. The maximum atomic E-state index is 11.8. The fraction of sp³-hybridized carbons (Fsp3) is 0.364. The first kappa shape index (κ1) is 12.2. The van der Waals surface area contributed by atoms with Gasteiger partial charge in [0.25, 0.3) is 5.91 Å². The molecule has 1 fully saturated rings. The molecule has 1 aliphatic heterocycles. The first-order valence-electron chi connectivity index (χ1n) is 5.28. The van der Waals surface area contributed by atoms with Crippen molar-refractivity contribution in [3.8, 4) is 5.75 Å². The molecule has 3 N–H and O–H groups in total. The first-order valence-corrected chi connectivity index (χ1v) is 5.66. The van der Waals surface area contributed by atoms with Gasteiger partial charge in [-0.3, -0.25) is 4.79 Å². The Morgan fingerprint density at radius 2 is 2.41 bits per heavy atom. The van der Waals surface area contributed by atoms with E-state index in [4.69, 9.17) is 16.3 Å². The van der Waals surface area contributed by atoms with Gasteiger partial charge in [-0.1, -0.05) is 11.6 Å². The maximum Gasteiger partial charge on any atom is 0.254 e. The van der Waals surface area contributed by atoms with Crippen LogP contribution in [0.15, 0.2) is 18.2 Å². The number of nitrogens with one attached hydrogen (secondary N) is 2. The number of benzene rings is 1. The van der Waals surface area contributed by atoms with Crippen LogP contribution in [-0.2, 0) is 9.53 Å². The highest BCUT2D eigenvalue weighted by Crippen LogP contribution is 2.26. The number of hydrogen-bond acceptors (Lipinski definition) is 4. The summed E-state index contributed by atoms with van der Waals surface area (Å²) in [6.45, 7) is 1.78. The van der Waals surface area contributed by atoms with Gasteiger partial charge in [0.05, 0.1) is 11.6 Å². The van der Waals surface area contributed by atoms with E-state index < -0.39 is 6.10 Å². The number of morpholine rings is 1. The molecule has 0 aromatic heterocycles. The Labute approximate surface area is 104 Å². The molecule has 92 valence electrons. The molecule has 1 amide bonds. The normalized spacial score (nSPS) is 19.9. The number of aromatic hydroxyl groups is 1. The molecular weight excluding hydrogens is 244 g/mol. The van der Waals surface area contributed by atoms with E-state index in [9.17, 15) is 9.90 Å². The zero-order chi connectivity index (χ0) is 12.3. The molecule has 17 heavy (non-hydrogen) atoms. The summed E-state index contributed by atoms with van der Waals surface area (Å²) in [5.41, 5.74) is 0.534. The third-order valence-corrected chi connectivity index (χ3v) is 2.74. The second kappa shape index (κ2) is 5.35. The predicted octanol–water partition coefficient (Wildman–Crippen LogP) is 0.972. The van der Waals surface area contributed by atoms with Gasteiger partial charge in [-0.05, 0) is 18.2 Å². The summed E-state index contributed by atoms with van der Waals surface area (Å²) in [5, 5.41) is 15.2. The minimum absolute atomic E-state index is 0.0137. The van der Waals surface area contributed by atoms with Gasteiger partial charge in [0.1, 0.15) is 11.9 Å². The highest BCUT2D eigenvalue weighted by Gasteiger charge is 2.21. The lowest BCUT2D eigenvalue weighted by Gasteiger charge is -2.22. The fourth-order valence-corrected chi connectivity index (χ4v) is 1.72. The average molecular weight is 257 g/mol. The predicted molar refractivity (Wildman–Crippen MR) is 64.4 cm³/mol. The topological polar surface area (TPSA) is 70.6 Å². The van der Waals surface area contributed by atoms with Gasteiger partial charge in [0.15, 0.2) is 0 Å². The van der Waals surface area contributed by atoms with Crippen molar-refractivity contribution >= 4 is 23.2 Å². The van der Waals surface area contributed by atoms with E-state index in [0.29, 0.717) is 18.8 Å². The molecule has 1 saturated heterocycles. The van der Waals surface area contributed by atoms with Crippen LogP contribution in [-0.4, -0.2) is 36.8 Å². The van der Waals surface area contributed by atoms with E-state index >= 15 is 0 Å². The number of carbonyl (C=O) groups is 1. The Kier molecular flexibility index (Phi) is 3.83. The number of carbonyl (C=O) groups excluding carboxylic acids is 1. The van der Waals surface area contributed by atoms with Crippen molar-refractivity contribution in [1.82, 2.24) is 5.32 Å². The van der Waals surface area contributed by atoms with E-state index in [1.807, 2.05) is 0 Å². The number of anilines is 1. The van der Waals surface area contributed by atoms with Gasteiger partial charge < -0.3 is 20.5 Å². The molecule has 1 aromatic rings. The van der Waals surface area contributed by atoms with Crippen molar-refractivity contribution in [2.45, 2.75) is 6.10 Å². The maximum absolute atomic E-state index is 11.8. The van der Waals surface area contributed by atoms with Crippen LogP contribution in [0.4, 0.5) is 5.69 Å². The van der Waals surface area contributed by atoms with E-state index in [1.165, 1.54) is 12.1 Å². The third kappa shape index (κ3) is 3.09. The largest absolute Gasteiger partial charge is 0.506 e. The lowest BCUT2D eigenvalue weighted by molar-refractivity contribution is -0.128. The van der Waals surface area contributed by atoms with Gasteiger partial charge in [-0.2, -0.15) is 0 Å². The van der Waals surface area contributed by atoms with E-state index in [1.54, 1.807) is 6.07 Å². The van der Waals surface area contributed by atoms with E-state index in [-0.39, 0.29) is 16.7 Å². The van der Waals surface area contributed by atoms with Crippen LogP contribution in [0.5, 0.6) is 5.75 Å². The van der Waals surface area contributed by atoms with Crippen LogP contribution in [0.25, 0.3) is 0 Å². The molecule has 0 bridgehead atoms. The van der Waals surface area contributed by atoms with Gasteiger partial charge in [-0.25, -0.2) is 0 Å². The summed E-state index contributed by atoms with van der Waals surface area (Å²) in [6.07, 6.45) is -0.490. The van der Waals surface area contributed by atoms with E-state index in [0.717, 1.165) is 6.54 Å². The van der Waals surface area contributed by atoms with Crippen LogP contribution < -0.4 is 10.6 Å². The molecule has 1 heterocycles. The van der Waals surface area contributed by atoms with E-state index in [2.05, 4.69) is 10.6 Å². The number of ether oxygens (including phenoxy) is 1. The Bertz CT molecular complexity index is 419. The summed E-state index contributed by atoms with van der Waals surface area (Å²) in [4.78, 5) is 11.8. The van der Waals surface area contributed by atoms with Gasteiger partial charge in [0, 0.05) is 18.8 Å². The molecule has 1 unspecified atom stereocenters. The van der Waals surface area contributed by atoms with Crippen LogP contribution in [0.1, 0.15) is 0 Å². The van der Waals surface area contributed by atoms with Crippen LogP contribution >= 0.6 is 11.6 Å². The second-order valence-corrected chi connectivity index (χ2v) is 4.13. The summed E-state index contributed by atoms with van der Waals surface area (Å²) >= 11 is 5.74. The standard InChI is InChI=1S/C11H13ClN2O3/c12-8-5-7(1-2-9(8)15)14-11(16)10-6-13-3-4-17-10/h1-2,5,10,13,15H,3-4,6H2,(H,14,16).